The van der Waals surface area contributed by atoms with Gasteiger partial charge in [0.15, 0.2) is 0 Å². The molecule has 0 radical (unpaired) electrons. The van der Waals surface area contributed by atoms with Gasteiger partial charge in [0, 0.05) is 0 Å². The van der Waals surface area contributed by atoms with Crippen molar-refractivity contribution in [1.29, 1.82) is 0 Å². The first kappa shape index (κ1) is 34.7. The Morgan fingerprint density at radius 1 is 0.426 bits per heavy atom. The van der Waals surface area contributed by atoms with Crippen LogP contribution in [-0.2, 0) is 10.8 Å². The molecule has 2 aliphatic carbocycles. The quantitative estimate of drug-likeness (QED) is 0.151. The van der Waals surface area contributed by atoms with Crippen LogP contribution >= 0.6 is 34.0 Å². The van der Waals surface area contributed by atoms with E-state index in [1.807, 2.05) is 22.7 Å². The number of hydrogen-bond donors (Lipinski definition) is 0. The van der Waals surface area contributed by atoms with Crippen LogP contribution in [0.3, 0.4) is 0 Å². The summed E-state index contributed by atoms with van der Waals surface area (Å²) in [5.41, 5.74) is 18.3. The van der Waals surface area contributed by atoms with Crippen LogP contribution in [-0.4, -0.2) is 18.4 Å². The molecule has 0 fully saturated rings. The fraction of sp³-hybridized carbons (Fsp3) is 0.200. The average molecular weight is 860 g/mol. The van der Waals surface area contributed by atoms with Crippen molar-refractivity contribution < 1.29 is 0 Å². The molecule has 0 N–H and O–H groups in total. The molecule has 3 heterocycles. The van der Waals surface area contributed by atoms with Crippen molar-refractivity contribution >= 4 is 64.7 Å². The van der Waals surface area contributed by atoms with E-state index in [0.29, 0.717) is 0 Å². The van der Waals surface area contributed by atoms with Gasteiger partial charge in [-0.15, -0.1) is 0 Å². The fourth-order valence-electron chi connectivity index (χ4n) is 9.42. The standard InChI is InChI=1S/C47H35S3.3CH3.Sn/c1-27-6-14-32(15-7-27)46(33-16-8-28(2)9-17-33)38-22-23-48-43(38)36-25-40-37(26-39(36)46)44-42(45-41(50-44)24-31(5)49-45)47(40,34-18-10-29(3)11-19-34)35-20-12-30(4)13-21-35;;;;/h6-22,24-26H,1-5H3;3*1H3;. The van der Waals surface area contributed by atoms with Crippen LogP contribution in [0.5, 0.6) is 0 Å². The fourth-order valence-corrected chi connectivity index (χ4v) is 18.6. The normalized spacial score (nSPS) is 15.0. The van der Waals surface area contributed by atoms with E-state index in [2.05, 4.69) is 182 Å². The number of benzene rings is 5. The minimum absolute atomic E-state index is 0.419. The van der Waals surface area contributed by atoms with Crippen molar-refractivity contribution in [3.63, 3.8) is 0 Å². The summed E-state index contributed by atoms with van der Waals surface area (Å²) in [7, 11) is 0. The summed E-state index contributed by atoms with van der Waals surface area (Å²) in [6, 6.07) is 48.3. The molecule has 0 saturated heterocycles. The molecule has 3 aromatic heterocycles. The molecule has 2 aliphatic rings. The monoisotopic (exact) mass is 860 g/mol. The Kier molecular flexibility index (Phi) is 7.80. The van der Waals surface area contributed by atoms with Crippen LogP contribution in [0.4, 0.5) is 0 Å². The SMILES string of the molecule is Cc1ccc(C2(c3ccc(C)cc3)c3cc4c(cc3-c3s[c]([Sn]([CH3])([CH3])[CH3])cc32)C(c2ccc(C)cc2)(c2ccc(C)cc2)c2c-4sc3cc(C)sc23)cc1. The Bertz CT molecular complexity index is 2670. The molecule has 4 heteroatoms. The second kappa shape index (κ2) is 12.1. The maximum absolute atomic E-state index is 2.67. The Morgan fingerprint density at radius 3 is 1.31 bits per heavy atom. The summed E-state index contributed by atoms with van der Waals surface area (Å²) in [6.07, 6.45) is 0. The van der Waals surface area contributed by atoms with E-state index in [4.69, 9.17) is 0 Å². The minimum atomic E-state index is -2.50. The number of rotatable bonds is 5. The molecule has 0 bridgehead atoms. The van der Waals surface area contributed by atoms with Gasteiger partial charge < -0.3 is 0 Å². The third-order valence-corrected chi connectivity index (χ3v) is 25.1. The van der Waals surface area contributed by atoms with E-state index < -0.39 is 29.2 Å². The molecule has 8 aromatic rings. The average Bonchev–Trinajstić information content (AvgIpc) is 3.93. The maximum atomic E-state index is 2.67. The van der Waals surface area contributed by atoms with Crippen LogP contribution in [0.2, 0.25) is 14.8 Å². The van der Waals surface area contributed by atoms with Gasteiger partial charge in [0.1, 0.15) is 0 Å². The molecular formula is C50H44S3Sn. The van der Waals surface area contributed by atoms with Crippen LogP contribution in [0.25, 0.3) is 30.3 Å². The van der Waals surface area contributed by atoms with Gasteiger partial charge >= 0.3 is 339 Å². The molecule has 0 unspecified atom stereocenters. The van der Waals surface area contributed by atoms with Crippen molar-refractivity contribution in [3.8, 4) is 20.9 Å². The molecule has 0 aliphatic heterocycles. The van der Waals surface area contributed by atoms with Crippen molar-refractivity contribution in [1.82, 2.24) is 0 Å². The van der Waals surface area contributed by atoms with Crippen LogP contribution in [0.15, 0.2) is 121 Å². The number of aryl methyl sites for hydroxylation is 5. The van der Waals surface area contributed by atoms with Gasteiger partial charge in [0.05, 0.1) is 0 Å². The van der Waals surface area contributed by atoms with E-state index in [0.717, 1.165) is 0 Å². The Balaban J connectivity index is 1.40. The molecule has 54 heavy (non-hydrogen) atoms. The van der Waals surface area contributed by atoms with Crippen molar-refractivity contribution in [2.75, 3.05) is 0 Å². The summed E-state index contributed by atoms with van der Waals surface area (Å²) in [5.74, 6) is 0. The van der Waals surface area contributed by atoms with E-state index in [1.165, 1.54) is 102 Å². The van der Waals surface area contributed by atoms with Crippen molar-refractivity contribution in [2.24, 2.45) is 0 Å². The zero-order valence-electron chi connectivity index (χ0n) is 32.3. The predicted octanol–water partition coefficient (Wildman–Crippen LogP) is 13.8. The molecule has 0 spiro atoms. The summed E-state index contributed by atoms with van der Waals surface area (Å²) in [6.45, 7) is 11.1. The van der Waals surface area contributed by atoms with E-state index >= 15 is 0 Å². The molecule has 0 atom stereocenters. The Labute approximate surface area is 336 Å². The second-order valence-corrected chi connectivity index (χ2v) is 35.6. The van der Waals surface area contributed by atoms with Gasteiger partial charge in [-0.2, -0.15) is 0 Å². The summed E-state index contributed by atoms with van der Waals surface area (Å²) in [5, 5.41) is 0. The first-order chi connectivity index (χ1) is 25.9. The third kappa shape index (κ3) is 4.77. The van der Waals surface area contributed by atoms with Crippen LogP contribution < -0.4 is 2.89 Å². The molecule has 0 nitrogen and oxygen atoms in total. The van der Waals surface area contributed by atoms with Crippen LogP contribution in [0.1, 0.15) is 71.6 Å². The van der Waals surface area contributed by atoms with Gasteiger partial charge in [-0.1, -0.05) is 0 Å². The topological polar surface area (TPSA) is 0 Å². The number of fused-ring (bicyclic) bond motifs is 8. The summed E-state index contributed by atoms with van der Waals surface area (Å²) < 4.78 is 4.48. The summed E-state index contributed by atoms with van der Waals surface area (Å²) in [4.78, 5) is 12.0. The molecular weight excluding hydrogens is 815 g/mol. The Hall–Kier alpha value is -3.74. The van der Waals surface area contributed by atoms with Crippen molar-refractivity contribution in [2.45, 2.75) is 60.3 Å². The van der Waals surface area contributed by atoms with E-state index in [1.54, 1.807) is 2.89 Å². The zero-order valence-corrected chi connectivity index (χ0v) is 37.6. The van der Waals surface area contributed by atoms with Gasteiger partial charge in [0.25, 0.3) is 0 Å². The van der Waals surface area contributed by atoms with Crippen LogP contribution in [0, 0.1) is 34.6 Å². The molecule has 10 rings (SSSR count). The molecule has 0 saturated carbocycles. The van der Waals surface area contributed by atoms with Gasteiger partial charge in [-0.05, 0) is 0 Å². The molecule has 5 aromatic carbocycles. The Morgan fingerprint density at radius 2 is 0.852 bits per heavy atom. The van der Waals surface area contributed by atoms with E-state index in [9.17, 15) is 0 Å². The van der Waals surface area contributed by atoms with Gasteiger partial charge in [-0.25, -0.2) is 0 Å². The zero-order chi connectivity index (χ0) is 37.3. The number of hydrogen-bond acceptors (Lipinski definition) is 3. The van der Waals surface area contributed by atoms with Gasteiger partial charge in [-0.3, -0.25) is 0 Å². The molecule has 266 valence electrons. The van der Waals surface area contributed by atoms with Crippen molar-refractivity contribution in [3.05, 3.63) is 193 Å². The van der Waals surface area contributed by atoms with E-state index in [-0.39, 0.29) is 0 Å². The molecule has 0 amide bonds. The third-order valence-electron chi connectivity index (χ3n) is 12.1. The summed E-state index contributed by atoms with van der Waals surface area (Å²) >= 11 is 3.58. The predicted molar refractivity (Wildman–Crippen MR) is 239 cm³/mol. The van der Waals surface area contributed by atoms with Gasteiger partial charge in [0.2, 0.25) is 0 Å². The number of thiophene rings is 3. The second-order valence-electron chi connectivity index (χ2n) is 16.9. The first-order valence-corrected chi connectivity index (χ1v) is 31.5. The first-order valence-electron chi connectivity index (χ1n) is 19.1.